The predicted molar refractivity (Wildman–Crippen MR) is 55.5 cm³/mol. The monoisotopic (exact) mass is 240 g/mol. The zero-order chi connectivity index (χ0) is 11.0. The third-order valence-corrected chi connectivity index (χ3v) is 9.14. The van der Waals surface area contributed by atoms with Gasteiger partial charge in [-0.25, -0.2) is 16.8 Å². The fraction of sp³-hybridized carbons (Fsp3) is 1.00. The molecular weight excluding hydrogens is 224 g/mol. The van der Waals surface area contributed by atoms with Crippen molar-refractivity contribution in [2.75, 3.05) is 11.5 Å². The van der Waals surface area contributed by atoms with Crippen molar-refractivity contribution in [3.63, 3.8) is 0 Å². The third kappa shape index (κ3) is 1.39. The van der Waals surface area contributed by atoms with E-state index in [-0.39, 0.29) is 24.3 Å². The Morgan fingerprint density at radius 1 is 0.929 bits per heavy atom. The van der Waals surface area contributed by atoms with Crippen LogP contribution < -0.4 is 0 Å². The molecule has 1 rings (SSSR count). The van der Waals surface area contributed by atoms with E-state index in [2.05, 4.69) is 0 Å². The predicted octanol–water partition coefficient (Wildman–Crippen LogP) is 0.736. The molecule has 1 aliphatic rings. The van der Waals surface area contributed by atoms with Crippen molar-refractivity contribution in [1.82, 2.24) is 0 Å². The molecule has 0 aromatic rings. The lowest BCUT2D eigenvalue weighted by atomic mass is 9.99. The average Bonchev–Trinajstić information content (AvgIpc) is 2.01. The zero-order valence-corrected chi connectivity index (χ0v) is 10.1. The number of hydrogen-bond acceptors (Lipinski definition) is 4. The van der Waals surface area contributed by atoms with E-state index in [1.165, 1.54) is 13.8 Å². The Morgan fingerprint density at radius 3 is 1.43 bits per heavy atom. The summed E-state index contributed by atoms with van der Waals surface area (Å²) in [6.45, 7) is 3.00. The van der Waals surface area contributed by atoms with Crippen LogP contribution in [0.1, 0.15) is 33.1 Å². The zero-order valence-electron chi connectivity index (χ0n) is 8.49. The molecule has 0 amide bonds. The third-order valence-electron chi connectivity index (χ3n) is 3.01. The van der Waals surface area contributed by atoms with Gasteiger partial charge in [0.05, 0.1) is 0 Å². The molecule has 0 saturated heterocycles. The minimum atomic E-state index is -3.48. The first-order chi connectivity index (χ1) is 6.33. The van der Waals surface area contributed by atoms with Gasteiger partial charge < -0.3 is 0 Å². The highest BCUT2D eigenvalue weighted by Gasteiger charge is 2.57. The lowest BCUT2D eigenvalue weighted by molar-refractivity contribution is 0.416. The summed E-state index contributed by atoms with van der Waals surface area (Å²) in [5.74, 6) is -0.182. The summed E-state index contributed by atoms with van der Waals surface area (Å²) in [5, 5.41) is 0. The molecule has 0 aliphatic heterocycles. The Hall–Kier alpha value is -0.100. The molecule has 84 valence electrons. The van der Waals surface area contributed by atoms with Gasteiger partial charge in [0.2, 0.25) is 0 Å². The Bertz CT molecular complexity index is 365. The van der Waals surface area contributed by atoms with E-state index in [1.54, 1.807) is 0 Å². The molecule has 0 aromatic carbocycles. The van der Waals surface area contributed by atoms with Gasteiger partial charge in [0.25, 0.3) is 0 Å². The maximum Gasteiger partial charge on any atom is 0.173 e. The van der Waals surface area contributed by atoms with E-state index in [0.29, 0.717) is 6.42 Å². The first-order valence-electron chi connectivity index (χ1n) is 4.77. The van der Waals surface area contributed by atoms with Crippen LogP contribution in [0.2, 0.25) is 0 Å². The molecule has 6 heteroatoms. The Balaban J connectivity index is 3.26. The van der Waals surface area contributed by atoms with Gasteiger partial charge in [0.15, 0.2) is 23.8 Å². The lowest BCUT2D eigenvalue weighted by Crippen LogP contribution is -2.53. The number of hydrogen-bond donors (Lipinski definition) is 0. The molecule has 0 bridgehead atoms. The fourth-order valence-corrected chi connectivity index (χ4v) is 6.94. The Labute approximate surface area is 85.5 Å². The largest absolute Gasteiger partial charge is 0.227 e. The summed E-state index contributed by atoms with van der Waals surface area (Å²) in [5.41, 5.74) is 0. The summed E-state index contributed by atoms with van der Waals surface area (Å²) in [6, 6.07) is 0. The molecular formula is C8H16O4S2. The minimum Gasteiger partial charge on any atom is -0.227 e. The molecule has 0 radical (unpaired) electrons. The minimum absolute atomic E-state index is 0.0910. The summed E-state index contributed by atoms with van der Waals surface area (Å²) < 4.78 is 45.5. The van der Waals surface area contributed by atoms with E-state index in [0.717, 1.165) is 0 Å². The number of rotatable bonds is 4. The van der Waals surface area contributed by atoms with Crippen LogP contribution in [0, 0.1) is 0 Å². The summed E-state index contributed by atoms with van der Waals surface area (Å²) in [7, 11) is -6.96. The van der Waals surface area contributed by atoms with Crippen molar-refractivity contribution >= 4 is 19.7 Å². The van der Waals surface area contributed by atoms with Gasteiger partial charge in [0, 0.05) is 11.5 Å². The molecule has 1 aliphatic carbocycles. The van der Waals surface area contributed by atoms with Crippen molar-refractivity contribution in [2.45, 2.75) is 37.2 Å². The Morgan fingerprint density at radius 2 is 1.29 bits per heavy atom. The maximum absolute atomic E-state index is 11.7. The first kappa shape index (κ1) is 12.0. The van der Waals surface area contributed by atoms with Gasteiger partial charge in [-0.3, -0.25) is 0 Å². The molecule has 0 heterocycles. The van der Waals surface area contributed by atoms with Gasteiger partial charge in [-0.2, -0.15) is 0 Å². The van der Waals surface area contributed by atoms with E-state index in [1.807, 2.05) is 0 Å². The van der Waals surface area contributed by atoms with Crippen LogP contribution in [0.3, 0.4) is 0 Å². The second-order valence-electron chi connectivity index (χ2n) is 3.57. The van der Waals surface area contributed by atoms with E-state index in [9.17, 15) is 16.8 Å². The summed E-state index contributed by atoms with van der Waals surface area (Å²) in [4.78, 5) is 0. The molecule has 0 atom stereocenters. The SMILES string of the molecule is CCS(=O)(=O)C1(S(=O)(=O)CC)CCC1. The van der Waals surface area contributed by atoms with Crippen molar-refractivity contribution in [3.05, 3.63) is 0 Å². The molecule has 0 aromatic heterocycles. The van der Waals surface area contributed by atoms with Crippen LogP contribution in [0.25, 0.3) is 0 Å². The van der Waals surface area contributed by atoms with Crippen molar-refractivity contribution < 1.29 is 16.8 Å². The normalized spacial score (nSPS) is 21.6. The average molecular weight is 240 g/mol. The van der Waals surface area contributed by atoms with Gasteiger partial charge in [-0.15, -0.1) is 0 Å². The van der Waals surface area contributed by atoms with Gasteiger partial charge in [-0.1, -0.05) is 13.8 Å². The van der Waals surface area contributed by atoms with Crippen LogP contribution in [0.4, 0.5) is 0 Å². The van der Waals surface area contributed by atoms with Crippen LogP contribution >= 0.6 is 0 Å². The van der Waals surface area contributed by atoms with Crippen molar-refractivity contribution in [3.8, 4) is 0 Å². The molecule has 1 fully saturated rings. The molecule has 4 nitrogen and oxygen atoms in total. The molecule has 1 saturated carbocycles. The van der Waals surface area contributed by atoms with Crippen molar-refractivity contribution in [1.29, 1.82) is 0 Å². The number of sulfone groups is 2. The first-order valence-corrected chi connectivity index (χ1v) is 8.08. The quantitative estimate of drug-likeness (QED) is 0.726. The van der Waals surface area contributed by atoms with Gasteiger partial charge in [-0.05, 0) is 19.3 Å². The standard InChI is InChI=1S/C8H16O4S2/c1-3-13(9,10)8(6-5-7-8)14(11,12)4-2/h3-7H2,1-2H3. The smallest absolute Gasteiger partial charge is 0.173 e. The topological polar surface area (TPSA) is 68.3 Å². The van der Waals surface area contributed by atoms with E-state index < -0.39 is 23.8 Å². The molecule has 14 heavy (non-hydrogen) atoms. The van der Waals surface area contributed by atoms with E-state index >= 15 is 0 Å². The van der Waals surface area contributed by atoms with Crippen LogP contribution in [0.15, 0.2) is 0 Å². The molecule has 0 spiro atoms. The lowest BCUT2D eigenvalue weighted by Gasteiger charge is -2.39. The van der Waals surface area contributed by atoms with E-state index in [4.69, 9.17) is 0 Å². The Kier molecular flexibility index (Phi) is 2.98. The van der Waals surface area contributed by atoms with Crippen LogP contribution in [-0.4, -0.2) is 32.4 Å². The summed E-state index contributed by atoms with van der Waals surface area (Å²) >= 11 is 0. The summed E-state index contributed by atoms with van der Waals surface area (Å²) in [6.07, 6.45) is 1.25. The van der Waals surface area contributed by atoms with Gasteiger partial charge in [0.1, 0.15) is 0 Å². The molecule has 0 N–H and O–H groups in total. The highest BCUT2D eigenvalue weighted by Crippen LogP contribution is 2.44. The highest BCUT2D eigenvalue weighted by molar-refractivity contribution is 8.10. The van der Waals surface area contributed by atoms with Crippen molar-refractivity contribution in [2.24, 2.45) is 0 Å². The second-order valence-corrected chi connectivity index (χ2v) is 9.01. The van der Waals surface area contributed by atoms with Gasteiger partial charge >= 0.3 is 0 Å². The van der Waals surface area contributed by atoms with Crippen LogP contribution in [-0.2, 0) is 19.7 Å². The molecule has 0 unspecified atom stereocenters. The maximum atomic E-state index is 11.7. The van der Waals surface area contributed by atoms with Crippen LogP contribution in [0.5, 0.6) is 0 Å². The fourth-order valence-electron chi connectivity index (χ4n) is 1.81. The second kappa shape index (κ2) is 3.48. The highest BCUT2D eigenvalue weighted by atomic mass is 32.3.